The highest BCUT2D eigenvalue weighted by molar-refractivity contribution is 7.98. The van der Waals surface area contributed by atoms with Crippen LogP contribution in [-0.2, 0) is 16.0 Å². The fourth-order valence-electron chi connectivity index (χ4n) is 1.44. The summed E-state index contributed by atoms with van der Waals surface area (Å²) in [6, 6.07) is 2.44. The van der Waals surface area contributed by atoms with E-state index in [1.54, 1.807) is 12.1 Å². The second-order valence-electron chi connectivity index (χ2n) is 4.00. The van der Waals surface area contributed by atoms with E-state index in [2.05, 4.69) is 10.3 Å². The van der Waals surface area contributed by atoms with Gasteiger partial charge in [-0.3, -0.25) is 9.78 Å². The van der Waals surface area contributed by atoms with Gasteiger partial charge in [-0.05, 0) is 30.6 Å². The second kappa shape index (κ2) is 7.63. The number of nitrogens with zero attached hydrogens (tertiary/aromatic N) is 1. The molecule has 0 aliphatic carbocycles. The van der Waals surface area contributed by atoms with Gasteiger partial charge in [0.25, 0.3) is 0 Å². The molecule has 104 valence electrons. The van der Waals surface area contributed by atoms with Crippen LogP contribution in [0.2, 0.25) is 0 Å². The lowest BCUT2D eigenvalue weighted by atomic mass is 10.2. The first kappa shape index (κ1) is 15.3. The van der Waals surface area contributed by atoms with Crippen LogP contribution in [0.5, 0.6) is 0 Å². The minimum absolute atomic E-state index is 0.0450. The molecular formula is C12H17N3O3S. The second-order valence-corrected chi connectivity index (χ2v) is 4.99. The number of rotatable bonds is 7. The van der Waals surface area contributed by atoms with E-state index in [1.165, 1.54) is 18.0 Å². The predicted octanol–water partition coefficient (Wildman–Crippen LogP) is 0.529. The average molecular weight is 283 g/mol. The standard InChI is InChI=1S/C12H17N3O3S/c1-19-5-4-10(12(17)18)15-11(16)6-9-3-2-8(13)7-14-9/h2-3,7,10H,4-6,13H2,1H3,(H,15,16)(H,17,18)/t10-/m0/s1. The fraction of sp³-hybridized carbons (Fsp3) is 0.417. The van der Waals surface area contributed by atoms with Crippen LogP contribution in [0.4, 0.5) is 5.69 Å². The minimum atomic E-state index is -1.02. The van der Waals surface area contributed by atoms with Gasteiger partial charge in [-0.15, -0.1) is 0 Å². The number of thioether (sulfide) groups is 1. The number of carboxylic acid groups (broad SMARTS) is 1. The number of amides is 1. The highest BCUT2D eigenvalue weighted by Gasteiger charge is 2.19. The number of carbonyl (C=O) groups is 2. The van der Waals surface area contributed by atoms with Gasteiger partial charge in [-0.25, -0.2) is 4.79 Å². The van der Waals surface area contributed by atoms with E-state index in [4.69, 9.17) is 10.8 Å². The maximum absolute atomic E-state index is 11.7. The third kappa shape index (κ3) is 5.60. The summed E-state index contributed by atoms with van der Waals surface area (Å²) in [5.41, 5.74) is 6.57. The number of carboxylic acids is 1. The van der Waals surface area contributed by atoms with Gasteiger partial charge in [0, 0.05) is 5.69 Å². The summed E-state index contributed by atoms with van der Waals surface area (Å²) in [6.07, 6.45) is 3.80. The maximum atomic E-state index is 11.7. The zero-order chi connectivity index (χ0) is 14.3. The number of carbonyl (C=O) groups excluding carboxylic acids is 1. The number of hydrogen-bond donors (Lipinski definition) is 3. The Morgan fingerprint density at radius 3 is 2.79 bits per heavy atom. The largest absolute Gasteiger partial charge is 0.480 e. The van der Waals surface area contributed by atoms with Gasteiger partial charge in [-0.2, -0.15) is 11.8 Å². The molecule has 19 heavy (non-hydrogen) atoms. The number of pyridine rings is 1. The molecule has 0 saturated carbocycles. The molecule has 6 nitrogen and oxygen atoms in total. The Balaban J connectivity index is 2.52. The maximum Gasteiger partial charge on any atom is 0.326 e. The van der Waals surface area contributed by atoms with E-state index in [1.807, 2.05) is 6.26 Å². The van der Waals surface area contributed by atoms with Crippen molar-refractivity contribution in [2.75, 3.05) is 17.7 Å². The number of nitrogens with one attached hydrogen (secondary N) is 1. The van der Waals surface area contributed by atoms with Gasteiger partial charge in [0.15, 0.2) is 0 Å². The van der Waals surface area contributed by atoms with Crippen LogP contribution < -0.4 is 11.1 Å². The van der Waals surface area contributed by atoms with Crippen LogP contribution in [0.15, 0.2) is 18.3 Å². The van der Waals surface area contributed by atoms with Crippen molar-refractivity contribution in [3.63, 3.8) is 0 Å². The Morgan fingerprint density at radius 1 is 1.53 bits per heavy atom. The molecule has 4 N–H and O–H groups in total. The molecule has 1 amide bonds. The Hall–Kier alpha value is -1.76. The van der Waals surface area contributed by atoms with Crippen molar-refractivity contribution in [1.29, 1.82) is 0 Å². The SMILES string of the molecule is CSCC[C@H](NC(=O)Cc1ccc(N)cn1)C(=O)O. The van der Waals surface area contributed by atoms with Gasteiger partial charge >= 0.3 is 5.97 Å². The summed E-state index contributed by atoms with van der Waals surface area (Å²) in [5.74, 6) is -0.699. The first-order valence-electron chi connectivity index (χ1n) is 5.74. The zero-order valence-electron chi connectivity index (χ0n) is 10.6. The molecule has 1 atom stereocenters. The normalized spacial score (nSPS) is 11.8. The lowest BCUT2D eigenvalue weighted by molar-refractivity contribution is -0.141. The number of anilines is 1. The Kier molecular flexibility index (Phi) is 6.14. The average Bonchev–Trinajstić information content (AvgIpc) is 2.37. The molecular weight excluding hydrogens is 266 g/mol. The smallest absolute Gasteiger partial charge is 0.326 e. The number of aromatic nitrogens is 1. The molecule has 0 unspecified atom stereocenters. The Morgan fingerprint density at radius 2 is 2.26 bits per heavy atom. The molecule has 1 heterocycles. The molecule has 0 saturated heterocycles. The summed E-state index contributed by atoms with van der Waals surface area (Å²) in [4.78, 5) is 26.7. The first-order chi connectivity index (χ1) is 9.02. The van der Waals surface area contributed by atoms with Crippen LogP contribution in [0.1, 0.15) is 12.1 Å². The highest BCUT2D eigenvalue weighted by atomic mass is 32.2. The van der Waals surface area contributed by atoms with Crippen LogP contribution in [-0.4, -0.2) is 40.0 Å². The third-order valence-electron chi connectivity index (χ3n) is 2.43. The molecule has 0 aliphatic heterocycles. The van der Waals surface area contributed by atoms with Crippen molar-refractivity contribution in [3.05, 3.63) is 24.0 Å². The highest BCUT2D eigenvalue weighted by Crippen LogP contribution is 2.04. The Bertz CT molecular complexity index is 436. The van der Waals surface area contributed by atoms with Crippen molar-refractivity contribution in [2.24, 2.45) is 0 Å². The predicted molar refractivity (Wildman–Crippen MR) is 74.9 cm³/mol. The van der Waals surface area contributed by atoms with Crippen LogP contribution in [0, 0.1) is 0 Å². The fourth-order valence-corrected chi connectivity index (χ4v) is 1.91. The number of nitrogens with two attached hydrogens (primary N) is 1. The van der Waals surface area contributed by atoms with Gasteiger partial charge < -0.3 is 16.2 Å². The van der Waals surface area contributed by atoms with Gasteiger partial charge in [0.05, 0.1) is 18.3 Å². The minimum Gasteiger partial charge on any atom is -0.480 e. The molecule has 0 fully saturated rings. The zero-order valence-corrected chi connectivity index (χ0v) is 11.4. The van der Waals surface area contributed by atoms with E-state index in [0.717, 1.165) is 0 Å². The topological polar surface area (TPSA) is 105 Å². The first-order valence-corrected chi connectivity index (χ1v) is 7.14. The molecule has 0 aliphatic rings. The van der Waals surface area contributed by atoms with Gasteiger partial charge in [0.1, 0.15) is 6.04 Å². The Labute approximate surface area is 115 Å². The van der Waals surface area contributed by atoms with Gasteiger partial charge in [-0.1, -0.05) is 0 Å². The van der Waals surface area contributed by atoms with Crippen LogP contribution >= 0.6 is 11.8 Å². The molecule has 0 bridgehead atoms. The van der Waals surface area contributed by atoms with Crippen LogP contribution in [0.25, 0.3) is 0 Å². The monoisotopic (exact) mass is 283 g/mol. The lowest BCUT2D eigenvalue weighted by Gasteiger charge is -2.13. The molecule has 1 aromatic heterocycles. The van der Waals surface area contributed by atoms with Crippen molar-refractivity contribution in [2.45, 2.75) is 18.9 Å². The summed E-state index contributed by atoms with van der Waals surface area (Å²) >= 11 is 1.54. The number of hydrogen-bond acceptors (Lipinski definition) is 5. The van der Waals surface area contributed by atoms with Crippen molar-refractivity contribution < 1.29 is 14.7 Å². The molecule has 0 radical (unpaired) electrons. The molecule has 0 spiro atoms. The molecule has 0 aromatic carbocycles. The summed E-state index contributed by atoms with van der Waals surface area (Å²) in [5, 5.41) is 11.5. The van der Waals surface area contributed by atoms with Gasteiger partial charge in [0.2, 0.25) is 5.91 Å². The van der Waals surface area contributed by atoms with E-state index < -0.39 is 12.0 Å². The number of aliphatic carboxylic acids is 1. The summed E-state index contributed by atoms with van der Waals surface area (Å²) < 4.78 is 0. The van der Waals surface area contributed by atoms with E-state index in [9.17, 15) is 9.59 Å². The van der Waals surface area contributed by atoms with E-state index in [0.29, 0.717) is 23.6 Å². The third-order valence-corrected chi connectivity index (χ3v) is 3.08. The van der Waals surface area contributed by atoms with E-state index in [-0.39, 0.29) is 12.3 Å². The summed E-state index contributed by atoms with van der Waals surface area (Å²) in [7, 11) is 0. The number of nitrogen functional groups attached to an aromatic ring is 1. The summed E-state index contributed by atoms with van der Waals surface area (Å²) in [6.45, 7) is 0. The lowest BCUT2D eigenvalue weighted by Crippen LogP contribution is -2.42. The molecule has 7 heteroatoms. The molecule has 1 aromatic rings. The van der Waals surface area contributed by atoms with Crippen molar-refractivity contribution in [3.8, 4) is 0 Å². The van der Waals surface area contributed by atoms with Crippen LogP contribution in [0.3, 0.4) is 0 Å². The quantitative estimate of drug-likeness (QED) is 0.674. The van der Waals surface area contributed by atoms with Crippen molar-refractivity contribution >= 4 is 29.3 Å². The van der Waals surface area contributed by atoms with E-state index >= 15 is 0 Å². The molecule has 1 rings (SSSR count). The van der Waals surface area contributed by atoms with Crippen molar-refractivity contribution in [1.82, 2.24) is 10.3 Å².